The van der Waals surface area contributed by atoms with Gasteiger partial charge in [0.15, 0.2) is 0 Å². The second-order valence-electron chi connectivity index (χ2n) is 11.8. The molecule has 5 rings (SSSR count). The van der Waals surface area contributed by atoms with Crippen LogP contribution >= 0.6 is 0 Å². The van der Waals surface area contributed by atoms with Crippen LogP contribution in [0.4, 0.5) is 26.8 Å². The topological polar surface area (TPSA) is 118 Å². The molecule has 0 unspecified atom stereocenters. The predicted octanol–water partition coefficient (Wildman–Crippen LogP) is 4.19. The van der Waals surface area contributed by atoms with Crippen LogP contribution in [0.1, 0.15) is 47.1 Å². The molecule has 12 nitrogen and oxygen atoms in total. The van der Waals surface area contributed by atoms with Gasteiger partial charge in [-0.25, -0.2) is 14.6 Å². The van der Waals surface area contributed by atoms with E-state index in [4.69, 9.17) is 9.47 Å². The molecule has 3 amide bonds. The fraction of sp³-hybridized carbons (Fsp3) is 0.536. The van der Waals surface area contributed by atoms with Gasteiger partial charge in [-0.2, -0.15) is 15.0 Å². The standard InChI is InChI=1S/C28H38N8O4/c1-8-39-23-16-20-19(31-33(7)32-20)15-21(23)30-25(37)35-12-10-18-22(9-11-29-24(18)35)34-13-14-36(28(5,6)17-34)26(38)40-27(2,3)4/h9,11,15-16H,8,10,12-14,17H2,1-7H3,(H,30,37). The van der Waals surface area contributed by atoms with Gasteiger partial charge in [-0.15, -0.1) is 0 Å². The number of piperazine rings is 1. The van der Waals surface area contributed by atoms with E-state index in [-0.39, 0.29) is 12.1 Å². The molecule has 2 aliphatic heterocycles. The zero-order chi connectivity index (χ0) is 28.8. The summed E-state index contributed by atoms with van der Waals surface area (Å²) in [6.45, 7) is 14.4. The van der Waals surface area contributed by atoms with Crippen LogP contribution in [-0.2, 0) is 18.2 Å². The van der Waals surface area contributed by atoms with Gasteiger partial charge in [0.1, 0.15) is 28.2 Å². The minimum Gasteiger partial charge on any atom is -0.492 e. The van der Waals surface area contributed by atoms with Gasteiger partial charge in [-0.3, -0.25) is 9.80 Å². The summed E-state index contributed by atoms with van der Waals surface area (Å²) in [7, 11) is 1.75. The Morgan fingerprint density at radius 1 is 1.10 bits per heavy atom. The van der Waals surface area contributed by atoms with Crippen molar-refractivity contribution >= 4 is 40.4 Å². The SMILES string of the molecule is CCOc1cc2nn(C)nc2cc1NC(=O)N1CCc2c(N3CCN(C(=O)OC(C)(C)C)C(C)(C)C3)ccnc21. The van der Waals surface area contributed by atoms with Crippen molar-refractivity contribution in [2.45, 2.75) is 59.1 Å². The Morgan fingerprint density at radius 2 is 1.82 bits per heavy atom. The predicted molar refractivity (Wildman–Crippen MR) is 153 cm³/mol. The smallest absolute Gasteiger partial charge is 0.410 e. The van der Waals surface area contributed by atoms with Crippen molar-refractivity contribution in [1.82, 2.24) is 24.9 Å². The number of carbonyl (C=O) groups excluding carboxylic acids is 2. The normalized spacial score (nSPS) is 16.7. The molecule has 0 atom stereocenters. The Morgan fingerprint density at radius 3 is 2.50 bits per heavy atom. The molecule has 0 spiro atoms. The Kier molecular flexibility index (Phi) is 6.97. The highest BCUT2D eigenvalue weighted by molar-refractivity contribution is 6.04. The number of nitrogens with one attached hydrogen (secondary N) is 1. The second-order valence-corrected chi connectivity index (χ2v) is 11.8. The van der Waals surface area contributed by atoms with Crippen molar-refractivity contribution in [2.75, 3.05) is 47.9 Å². The number of rotatable bonds is 4. The van der Waals surface area contributed by atoms with E-state index in [9.17, 15) is 9.59 Å². The summed E-state index contributed by atoms with van der Waals surface area (Å²) in [6, 6.07) is 5.27. The van der Waals surface area contributed by atoms with Gasteiger partial charge in [-0.05, 0) is 60.1 Å². The number of nitrogens with zero attached hydrogens (tertiary/aromatic N) is 7. The van der Waals surface area contributed by atoms with Crippen molar-refractivity contribution < 1.29 is 19.1 Å². The Labute approximate surface area is 234 Å². The number of carbonyl (C=O) groups is 2. The van der Waals surface area contributed by atoms with Crippen molar-refractivity contribution in [3.05, 3.63) is 30.0 Å². The maximum absolute atomic E-state index is 13.5. The highest BCUT2D eigenvalue weighted by atomic mass is 16.6. The van der Waals surface area contributed by atoms with Crippen LogP contribution in [0, 0.1) is 0 Å². The zero-order valence-corrected chi connectivity index (χ0v) is 24.3. The molecule has 214 valence electrons. The average Bonchev–Trinajstić information content (AvgIpc) is 3.44. The third kappa shape index (κ3) is 5.34. The zero-order valence-electron chi connectivity index (χ0n) is 24.3. The van der Waals surface area contributed by atoms with E-state index >= 15 is 0 Å². The van der Waals surface area contributed by atoms with Crippen LogP contribution in [0.2, 0.25) is 0 Å². The average molecular weight is 551 g/mol. The lowest BCUT2D eigenvalue weighted by atomic mass is 9.98. The number of pyridine rings is 1. The lowest BCUT2D eigenvalue weighted by Crippen LogP contribution is -2.62. The van der Waals surface area contributed by atoms with E-state index in [1.165, 1.54) is 4.80 Å². The van der Waals surface area contributed by atoms with E-state index < -0.39 is 11.1 Å². The molecule has 1 saturated heterocycles. The number of aryl methyl sites for hydroxylation is 1. The third-order valence-corrected chi connectivity index (χ3v) is 7.07. The number of benzene rings is 1. The quantitative estimate of drug-likeness (QED) is 0.514. The molecule has 1 N–H and O–H groups in total. The summed E-state index contributed by atoms with van der Waals surface area (Å²) >= 11 is 0. The first-order chi connectivity index (χ1) is 18.9. The number of anilines is 3. The highest BCUT2D eigenvalue weighted by Gasteiger charge is 2.40. The second kappa shape index (κ2) is 10.1. The van der Waals surface area contributed by atoms with Crippen molar-refractivity contribution in [2.24, 2.45) is 7.05 Å². The van der Waals surface area contributed by atoms with Crippen molar-refractivity contribution in [1.29, 1.82) is 0 Å². The fourth-order valence-corrected chi connectivity index (χ4v) is 5.39. The molecule has 12 heteroatoms. The Hall–Kier alpha value is -4.09. The molecule has 40 heavy (non-hydrogen) atoms. The summed E-state index contributed by atoms with van der Waals surface area (Å²) in [5, 5.41) is 11.7. The molecule has 3 aromatic rings. The number of fused-ring (bicyclic) bond motifs is 2. The molecule has 4 heterocycles. The van der Waals surface area contributed by atoms with Gasteiger partial charge in [-0.1, -0.05) is 0 Å². The van der Waals surface area contributed by atoms with Crippen LogP contribution in [0.3, 0.4) is 0 Å². The van der Waals surface area contributed by atoms with Gasteiger partial charge in [0, 0.05) is 56.7 Å². The molecule has 1 aromatic carbocycles. The summed E-state index contributed by atoms with van der Waals surface area (Å²) in [5.74, 6) is 1.18. The van der Waals surface area contributed by atoms with Gasteiger partial charge in [0.25, 0.3) is 0 Å². The molecule has 0 aliphatic carbocycles. The number of aromatic nitrogens is 4. The van der Waals surface area contributed by atoms with Crippen LogP contribution in [0.15, 0.2) is 24.4 Å². The maximum Gasteiger partial charge on any atom is 0.410 e. The van der Waals surface area contributed by atoms with Crippen LogP contribution < -0.4 is 19.9 Å². The van der Waals surface area contributed by atoms with Crippen LogP contribution in [-0.4, -0.2) is 80.9 Å². The van der Waals surface area contributed by atoms with Gasteiger partial charge in [0.2, 0.25) is 0 Å². The Bertz CT molecular complexity index is 1440. The van der Waals surface area contributed by atoms with Gasteiger partial charge >= 0.3 is 12.1 Å². The number of ether oxygens (including phenoxy) is 2. The Balaban J connectivity index is 1.35. The largest absolute Gasteiger partial charge is 0.492 e. The molecule has 0 saturated carbocycles. The number of hydrogen-bond donors (Lipinski definition) is 1. The minimum atomic E-state index is -0.552. The van der Waals surface area contributed by atoms with Crippen LogP contribution in [0.25, 0.3) is 11.0 Å². The number of amides is 3. The van der Waals surface area contributed by atoms with E-state index in [0.29, 0.717) is 67.5 Å². The molecule has 2 aromatic heterocycles. The lowest BCUT2D eigenvalue weighted by Gasteiger charge is -2.48. The first kappa shape index (κ1) is 27.5. The molecule has 0 radical (unpaired) electrons. The van der Waals surface area contributed by atoms with E-state index in [0.717, 1.165) is 11.3 Å². The van der Waals surface area contributed by atoms with Crippen molar-refractivity contribution in [3.63, 3.8) is 0 Å². The van der Waals surface area contributed by atoms with Gasteiger partial charge < -0.3 is 19.7 Å². The van der Waals surface area contributed by atoms with Crippen molar-refractivity contribution in [3.8, 4) is 5.75 Å². The third-order valence-electron chi connectivity index (χ3n) is 7.07. The van der Waals surface area contributed by atoms with E-state index in [1.807, 2.05) is 47.6 Å². The summed E-state index contributed by atoms with van der Waals surface area (Å²) < 4.78 is 11.4. The number of hydrogen-bond acceptors (Lipinski definition) is 8. The number of urea groups is 1. The lowest BCUT2D eigenvalue weighted by molar-refractivity contribution is 0.000362. The molecular weight excluding hydrogens is 512 g/mol. The minimum absolute atomic E-state index is 0.289. The first-order valence-electron chi connectivity index (χ1n) is 13.7. The monoisotopic (exact) mass is 550 g/mol. The van der Waals surface area contributed by atoms with E-state index in [1.54, 1.807) is 35.2 Å². The molecular formula is C28H38N8O4. The maximum atomic E-state index is 13.5. The fourth-order valence-electron chi connectivity index (χ4n) is 5.39. The summed E-state index contributed by atoms with van der Waals surface area (Å²) in [6.07, 6.45) is 2.12. The first-order valence-corrected chi connectivity index (χ1v) is 13.7. The van der Waals surface area contributed by atoms with Gasteiger partial charge in [0.05, 0.1) is 17.8 Å². The summed E-state index contributed by atoms with van der Waals surface area (Å²) in [5.41, 5.74) is 2.95. The highest BCUT2D eigenvalue weighted by Crippen LogP contribution is 2.37. The molecule has 1 fully saturated rings. The van der Waals surface area contributed by atoms with Crippen LogP contribution in [0.5, 0.6) is 5.75 Å². The molecule has 2 aliphatic rings. The summed E-state index contributed by atoms with van der Waals surface area (Å²) in [4.78, 5) is 38.2. The van der Waals surface area contributed by atoms with E-state index in [2.05, 4.69) is 25.4 Å². The molecule has 0 bridgehead atoms.